The number of dihydropyridines is 1. The zero-order valence-corrected chi connectivity index (χ0v) is 16.8. The topological polar surface area (TPSA) is 57.7 Å². The van der Waals surface area contributed by atoms with Crippen LogP contribution < -0.4 is 20.7 Å². The van der Waals surface area contributed by atoms with E-state index in [4.69, 9.17) is 9.73 Å². The van der Waals surface area contributed by atoms with Gasteiger partial charge < -0.3 is 20.7 Å². The molecule has 0 fully saturated rings. The second-order valence-corrected chi connectivity index (χ2v) is 7.35. The van der Waals surface area contributed by atoms with E-state index in [-0.39, 0.29) is 6.17 Å². The zero-order chi connectivity index (χ0) is 19.7. The Kier molecular flexibility index (Phi) is 4.82. The number of hydrogen-bond acceptors (Lipinski definition) is 5. The van der Waals surface area contributed by atoms with Crippen LogP contribution in [0, 0.1) is 6.92 Å². The van der Waals surface area contributed by atoms with Gasteiger partial charge in [-0.3, -0.25) is 0 Å². The standard InChI is InChI=1S/C23H26N4O/c1-14-8-9-19-21(10-14)26-22(17-6-5-7-18(12-17)28-4)27-23(19)25-20-11-16(3)24-13-15(20)2/h5-12,22,24,26H,13H2,1-4H3,(H,25,27). The van der Waals surface area contributed by atoms with Crippen molar-refractivity contribution in [1.82, 2.24) is 10.6 Å². The minimum absolute atomic E-state index is 0.181. The first-order chi connectivity index (χ1) is 13.5. The minimum Gasteiger partial charge on any atom is -0.497 e. The third kappa shape index (κ3) is 3.60. The van der Waals surface area contributed by atoms with Crippen molar-refractivity contribution >= 4 is 11.5 Å². The van der Waals surface area contributed by atoms with E-state index in [1.807, 2.05) is 18.2 Å². The molecule has 28 heavy (non-hydrogen) atoms. The molecule has 0 bridgehead atoms. The molecule has 144 valence electrons. The molecule has 1 unspecified atom stereocenters. The number of allylic oxidation sites excluding steroid dienone is 2. The van der Waals surface area contributed by atoms with Crippen molar-refractivity contribution < 1.29 is 4.74 Å². The lowest BCUT2D eigenvalue weighted by molar-refractivity contribution is 0.414. The number of benzene rings is 2. The van der Waals surface area contributed by atoms with Gasteiger partial charge in [-0.1, -0.05) is 18.2 Å². The molecule has 0 aromatic heterocycles. The summed E-state index contributed by atoms with van der Waals surface area (Å²) in [4.78, 5) is 5.01. The van der Waals surface area contributed by atoms with E-state index in [0.29, 0.717) is 0 Å². The van der Waals surface area contributed by atoms with Crippen molar-refractivity contribution in [3.63, 3.8) is 0 Å². The molecule has 5 nitrogen and oxygen atoms in total. The van der Waals surface area contributed by atoms with Crippen molar-refractivity contribution in [3.05, 3.63) is 82.2 Å². The highest BCUT2D eigenvalue weighted by atomic mass is 16.5. The second-order valence-electron chi connectivity index (χ2n) is 7.35. The average molecular weight is 374 g/mol. The Morgan fingerprint density at radius 3 is 2.79 bits per heavy atom. The van der Waals surface area contributed by atoms with Gasteiger partial charge in [0.1, 0.15) is 17.8 Å². The van der Waals surface area contributed by atoms with Gasteiger partial charge in [0.25, 0.3) is 0 Å². The molecule has 0 radical (unpaired) electrons. The van der Waals surface area contributed by atoms with Crippen LogP contribution in [-0.2, 0) is 0 Å². The molecule has 1 atom stereocenters. The SMILES string of the molecule is COc1cccc(C2N=C(NC3=C(C)CNC(C)=C3)c3ccc(C)cc3N2)c1. The first-order valence-electron chi connectivity index (χ1n) is 9.52. The second kappa shape index (κ2) is 7.43. The lowest BCUT2D eigenvalue weighted by Gasteiger charge is -2.28. The van der Waals surface area contributed by atoms with E-state index in [1.165, 1.54) is 11.1 Å². The van der Waals surface area contributed by atoms with Crippen LogP contribution in [0.15, 0.2) is 70.5 Å². The molecule has 0 aliphatic carbocycles. The molecule has 0 saturated carbocycles. The molecule has 2 aromatic carbocycles. The maximum atomic E-state index is 5.39. The molecule has 0 saturated heterocycles. The average Bonchev–Trinajstić information content (AvgIpc) is 2.70. The maximum absolute atomic E-state index is 5.39. The van der Waals surface area contributed by atoms with Gasteiger partial charge in [0.15, 0.2) is 0 Å². The fraction of sp³-hybridized carbons (Fsp3) is 0.261. The molecule has 2 heterocycles. The third-order valence-corrected chi connectivity index (χ3v) is 5.10. The highest BCUT2D eigenvalue weighted by Crippen LogP contribution is 2.32. The van der Waals surface area contributed by atoms with Gasteiger partial charge in [-0.15, -0.1) is 0 Å². The number of anilines is 1. The van der Waals surface area contributed by atoms with Gasteiger partial charge in [0.2, 0.25) is 0 Å². The number of fused-ring (bicyclic) bond motifs is 1. The van der Waals surface area contributed by atoms with E-state index in [0.717, 1.165) is 46.3 Å². The highest BCUT2D eigenvalue weighted by Gasteiger charge is 2.23. The Balaban J connectivity index is 1.75. The van der Waals surface area contributed by atoms with E-state index in [2.05, 4.69) is 67.1 Å². The predicted octanol–water partition coefficient (Wildman–Crippen LogP) is 4.25. The first kappa shape index (κ1) is 18.2. The zero-order valence-electron chi connectivity index (χ0n) is 16.8. The van der Waals surface area contributed by atoms with Crippen LogP contribution >= 0.6 is 0 Å². The number of amidine groups is 1. The van der Waals surface area contributed by atoms with Crippen LogP contribution in [-0.4, -0.2) is 19.5 Å². The molecule has 2 aliphatic rings. The van der Waals surface area contributed by atoms with E-state index >= 15 is 0 Å². The van der Waals surface area contributed by atoms with Gasteiger partial charge in [0, 0.05) is 34.8 Å². The fourth-order valence-corrected chi connectivity index (χ4v) is 3.46. The number of rotatable bonds is 3. The molecule has 2 aromatic rings. The van der Waals surface area contributed by atoms with Gasteiger partial charge in [-0.05, 0) is 62.2 Å². The molecule has 3 N–H and O–H groups in total. The summed E-state index contributed by atoms with van der Waals surface area (Å²) in [6.45, 7) is 7.16. The Bertz CT molecular complexity index is 1000. The van der Waals surface area contributed by atoms with E-state index in [1.54, 1.807) is 7.11 Å². The molecule has 2 aliphatic heterocycles. The lowest BCUT2D eigenvalue weighted by atomic mass is 10.0. The first-order valence-corrected chi connectivity index (χ1v) is 9.52. The number of nitrogens with one attached hydrogen (secondary N) is 3. The summed E-state index contributed by atoms with van der Waals surface area (Å²) < 4.78 is 5.39. The van der Waals surface area contributed by atoms with Crippen molar-refractivity contribution in [2.24, 2.45) is 4.99 Å². The number of aryl methyl sites for hydroxylation is 1. The number of nitrogens with zero attached hydrogens (tertiary/aromatic N) is 1. The fourth-order valence-electron chi connectivity index (χ4n) is 3.46. The van der Waals surface area contributed by atoms with Crippen molar-refractivity contribution in [2.75, 3.05) is 19.0 Å². The van der Waals surface area contributed by atoms with Gasteiger partial charge in [0.05, 0.1) is 7.11 Å². The van der Waals surface area contributed by atoms with Gasteiger partial charge in [-0.2, -0.15) is 0 Å². The lowest BCUT2D eigenvalue weighted by Crippen LogP contribution is -2.33. The summed E-state index contributed by atoms with van der Waals surface area (Å²) in [6.07, 6.45) is 1.96. The third-order valence-electron chi connectivity index (χ3n) is 5.10. The maximum Gasteiger partial charge on any atom is 0.147 e. The summed E-state index contributed by atoms with van der Waals surface area (Å²) in [5, 5.41) is 10.5. The molecule has 0 amide bonds. The Hall–Kier alpha value is -3.21. The monoisotopic (exact) mass is 374 g/mol. The summed E-state index contributed by atoms with van der Waals surface area (Å²) in [6, 6.07) is 14.5. The van der Waals surface area contributed by atoms with Crippen LogP contribution in [0.5, 0.6) is 5.75 Å². The normalized spacial score (nSPS) is 18.4. The predicted molar refractivity (Wildman–Crippen MR) is 115 cm³/mol. The molecule has 0 spiro atoms. The van der Waals surface area contributed by atoms with Crippen molar-refractivity contribution in [3.8, 4) is 5.75 Å². The number of ether oxygens (including phenoxy) is 1. The minimum atomic E-state index is -0.181. The van der Waals surface area contributed by atoms with E-state index < -0.39 is 0 Å². The van der Waals surface area contributed by atoms with Crippen LogP contribution in [0.25, 0.3) is 0 Å². The van der Waals surface area contributed by atoms with Gasteiger partial charge >= 0.3 is 0 Å². The number of methoxy groups -OCH3 is 1. The smallest absolute Gasteiger partial charge is 0.147 e. The molecular weight excluding hydrogens is 348 g/mol. The largest absolute Gasteiger partial charge is 0.497 e. The quantitative estimate of drug-likeness (QED) is 0.752. The van der Waals surface area contributed by atoms with Crippen LogP contribution in [0.4, 0.5) is 5.69 Å². The molecular formula is C23H26N4O. The summed E-state index contributed by atoms with van der Waals surface area (Å²) in [5.41, 5.74) is 7.95. The molecule has 4 rings (SSSR count). The summed E-state index contributed by atoms with van der Waals surface area (Å²) >= 11 is 0. The molecule has 5 heteroatoms. The van der Waals surface area contributed by atoms with Gasteiger partial charge in [-0.25, -0.2) is 4.99 Å². The number of hydrogen-bond donors (Lipinski definition) is 3. The van der Waals surface area contributed by atoms with Crippen LogP contribution in [0.2, 0.25) is 0 Å². The van der Waals surface area contributed by atoms with Crippen molar-refractivity contribution in [1.29, 1.82) is 0 Å². The highest BCUT2D eigenvalue weighted by molar-refractivity contribution is 6.06. The Labute approximate surface area is 166 Å². The summed E-state index contributed by atoms with van der Waals surface area (Å²) in [5.74, 6) is 1.70. The van der Waals surface area contributed by atoms with Crippen LogP contribution in [0.1, 0.15) is 36.7 Å². The van der Waals surface area contributed by atoms with Crippen LogP contribution in [0.3, 0.4) is 0 Å². The van der Waals surface area contributed by atoms with E-state index in [9.17, 15) is 0 Å². The Morgan fingerprint density at radius 1 is 1.11 bits per heavy atom. The van der Waals surface area contributed by atoms with Crippen molar-refractivity contribution in [2.45, 2.75) is 26.9 Å². The Morgan fingerprint density at radius 2 is 1.96 bits per heavy atom. The summed E-state index contributed by atoms with van der Waals surface area (Å²) in [7, 11) is 1.68. The number of aliphatic imine (C=N–C) groups is 1.